The van der Waals surface area contributed by atoms with Gasteiger partial charge in [0.25, 0.3) is 0 Å². The van der Waals surface area contributed by atoms with Crippen molar-refractivity contribution in [1.82, 2.24) is 9.80 Å². The lowest BCUT2D eigenvalue weighted by atomic mass is 9.84. The largest absolute Gasteiger partial charge is 0.396 e. The minimum atomic E-state index is 0.117. The fourth-order valence-electron chi connectivity index (χ4n) is 4.47. The molecule has 0 amide bonds. The Bertz CT molecular complexity index is 535. The van der Waals surface area contributed by atoms with Crippen molar-refractivity contribution in [3.8, 4) is 0 Å². The molecule has 1 aliphatic carbocycles. The summed E-state index contributed by atoms with van der Waals surface area (Å²) in [6.07, 6.45) is 3.96. The van der Waals surface area contributed by atoms with Gasteiger partial charge in [0.1, 0.15) is 0 Å². The molecule has 23 heavy (non-hydrogen) atoms. The molecular formula is C19H28N2O2. The average molecular weight is 316 g/mol. The molecule has 4 rings (SSSR count). The van der Waals surface area contributed by atoms with Gasteiger partial charge in [-0.05, 0) is 42.2 Å². The van der Waals surface area contributed by atoms with Gasteiger partial charge < -0.3 is 10.2 Å². The van der Waals surface area contributed by atoms with Crippen molar-refractivity contribution >= 4 is 0 Å². The number of aliphatic hydroxyl groups is 2. The van der Waals surface area contributed by atoms with Gasteiger partial charge in [0.15, 0.2) is 0 Å². The first-order chi connectivity index (χ1) is 11.2. The maximum absolute atomic E-state index is 9.58. The lowest BCUT2D eigenvalue weighted by molar-refractivity contribution is -0.0364. The zero-order valence-corrected chi connectivity index (χ0v) is 13.8. The SMILES string of the molecule is OCc1ccc(CN2CC3(C[C@H](CO)CN3CC3CC3)C2)cc1. The summed E-state index contributed by atoms with van der Waals surface area (Å²) in [5.74, 6) is 1.39. The van der Waals surface area contributed by atoms with E-state index in [1.807, 2.05) is 12.1 Å². The molecule has 2 saturated heterocycles. The van der Waals surface area contributed by atoms with Gasteiger partial charge in [-0.15, -0.1) is 0 Å². The first-order valence-corrected chi connectivity index (χ1v) is 8.98. The van der Waals surface area contributed by atoms with Crippen molar-refractivity contribution in [1.29, 1.82) is 0 Å². The van der Waals surface area contributed by atoms with Crippen LogP contribution >= 0.6 is 0 Å². The summed E-state index contributed by atoms with van der Waals surface area (Å²) in [6, 6.07) is 8.29. The minimum absolute atomic E-state index is 0.117. The quantitative estimate of drug-likeness (QED) is 0.834. The van der Waals surface area contributed by atoms with E-state index in [1.54, 1.807) is 0 Å². The number of aliphatic hydroxyl groups excluding tert-OH is 2. The Hall–Kier alpha value is -0.940. The Morgan fingerprint density at radius 2 is 1.70 bits per heavy atom. The second kappa shape index (κ2) is 6.17. The molecule has 0 aromatic heterocycles. The molecule has 2 N–H and O–H groups in total. The first-order valence-electron chi connectivity index (χ1n) is 8.98. The van der Waals surface area contributed by atoms with Crippen molar-refractivity contribution < 1.29 is 10.2 Å². The van der Waals surface area contributed by atoms with E-state index in [4.69, 9.17) is 5.11 Å². The molecule has 0 bridgehead atoms. The van der Waals surface area contributed by atoms with Crippen molar-refractivity contribution in [2.24, 2.45) is 11.8 Å². The van der Waals surface area contributed by atoms with E-state index in [0.717, 1.165) is 44.1 Å². The van der Waals surface area contributed by atoms with Gasteiger partial charge >= 0.3 is 0 Å². The molecule has 4 heteroatoms. The molecule has 2 heterocycles. The van der Waals surface area contributed by atoms with Gasteiger partial charge in [0, 0.05) is 44.9 Å². The van der Waals surface area contributed by atoms with Gasteiger partial charge in [-0.1, -0.05) is 24.3 Å². The Morgan fingerprint density at radius 1 is 1.00 bits per heavy atom. The second-order valence-corrected chi connectivity index (χ2v) is 7.95. The van der Waals surface area contributed by atoms with Crippen LogP contribution < -0.4 is 0 Å². The summed E-state index contributed by atoms with van der Waals surface area (Å²) in [7, 11) is 0. The van der Waals surface area contributed by atoms with E-state index < -0.39 is 0 Å². The number of likely N-dealkylation sites (tertiary alicyclic amines) is 2. The molecule has 126 valence electrons. The van der Waals surface area contributed by atoms with E-state index in [9.17, 15) is 5.11 Å². The lowest BCUT2D eigenvalue weighted by Gasteiger charge is -2.53. The smallest absolute Gasteiger partial charge is 0.0681 e. The van der Waals surface area contributed by atoms with Crippen LogP contribution in [0, 0.1) is 11.8 Å². The van der Waals surface area contributed by atoms with Crippen LogP contribution in [0.2, 0.25) is 0 Å². The van der Waals surface area contributed by atoms with Crippen molar-refractivity contribution in [3.05, 3.63) is 35.4 Å². The molecule has 1 aromatic rings. The number of hydrogen-bond acceptors (Lipinski definition) is 4. The Labute approximate surface area is 138 Å². The lowest BCUT2D eigenvalue weighted by Crippen LogP contribution is -2.67. The normalized spacial score (nSPS) is 27.5. The van der Waals surface area contributed by atoms with Gasteiger partial charge in [-0.2, -0.15) is 0 Å². The molecule has 1 saturated carbocycles. The second-order valence-electron chi connectivity index (χ2n) is 7.95. The van der Waals surface area contributed by atoms with Gasteiger partial charge in [0.2, 0.25) is 0 Å². The summed E-state index contributed by atoms with van der Waals surface area (Å²) >= 11 is 0. The maximum atomic E-state index is 9.58. The van der Waals surface area contributed by atoms with Gasteiger partial charge in [-0.3, -0.25) is 9.80 Å². The highest BCUT2D eigenvalue weighted by Crippen LogP contribution is 2.43. The third kappa shape index (κ3) is 3.18. The highest BCUT2D eigenvalue weighted by molar-refractivity contribution is 5.23. The third-order valence-corrected chi connectivity index (χ3v) is 5.90. The molecule has 0 unspecified atom stereocenters. The highest BCUT2D eigenvalue weighted by atomic mass is 16.3. The topological polar surface area (TPSA) is 46.9 Å². The van der Waals surface area contributed by atoms with Crippen molar-refractivity contribution in [2.45, 2.75) is 38.0 Å². The molecule has 1 atom stereocenters. The standard InChI is InChI=1S/C19H28N2O2/c22-11-17-5-3-15(4-6-17)8-20-13-19(14-20)7-18(12-23)10-21(19)9-16-1-2-16/h3-6,16,18,22-23H,1-2,7-14H2/t18-/m0/s1. The fraction of sp³-hybridized carbons (Fsp3) is 0.684. The molecule has 4 nitrogen and oxygen atoms in total. The average Bonchev–Trinajstić information content (AvgIpc) is 3.28. The maximum Gasteiger partial charge on any atom is 0.0681 e. The molecule has 0 radical (unpaired) electrons. The van der Waals surface area contributed by atoms with Crippen LogP contribution in [0.25, 0.3) is 0 Å². The monoisotopic (exact) mass is 316 g/mol. The zero-order valence-electron chi connectivity index (χ0n) is 13.8. The molecule has 1 aromatic carbocycles. The van der Waals surface area contributed by atoms with Crippen molar-refractivity contribution in [2.75, 3.05) is 32.8 Å². The van der Waals surface area contributed by atoms with E-state index in [-0.39, 0.29) is 6.61 Å². The summed E-state index contributed by atoms with van der Waals surface area (Å²) in [5, 5.41) is 18.7. The van der Waals surface area contributed by atoms with Crippen LogP contribution in [0.3, 0.4) is 0 Å². The van der Waals surface area contributed by atoms with E-state index in [1.165, 1.54) is 24.9 Å². The fourth-order valence-corrected chi connectivity index (χ4v) is 4.47. The molecular weight excluding hydrogens is 288 g/mol. The molecule has 3 aliphatic rings. The zero-order chi connectivity index (χ0) is 15.9. The third-order valence-electron chi connectivity index (χ3n) is 5.90. The summed E-state index contributed by atoms with van der Waals surface area (Å²) < 4.78 is 0. The van der Waals surface area contributed by atoms with Crippen molar-refractivity contribution in [3.63, 3.8) is 0 Å². The number of nitrogens with zero attached hydrogens (tertiary/aromatic N) is 2. The Morgan fingerprint density at radius 3 is 2.30 bits per heavy atom. The summed E-state index contributed by atoms with van der Waals surface area (Å²) in [4.78, 5) is 5.21. The molecule has 2 aliphatic heterocycles. The summed E-state index contributed by atoms with van der Waals surface area (Å²) in [6.45, 7) is 6.06. The van der Waals surface area contributed by atoms with Crippen LogP contribution in [0.1, 0.15) is 30.4 Å². The number of hydrogen-bond donors (Lipinski definition) is 2. The number of rotatable bonds is 6. The van der Waals surface area contributed by atoms with Crippen LogP contribution in [0.15, 0.2) is 24.3 Å². The Kier molecular flexibility index (Phi) is 4.18. The van der Waals surface area contributed by atoms with E-state index in [0.29, 0.717) is 18.1 Å². The summed E-state index contributed by atoms with van der Waals surface area (Å²) in [5.41, 5.74) is 2.63. The van der Waals surface area contributed by atoms with Crippen LogP contribution in [0.4, 0.5) is 0 Å². The van der Waals surface area contributed by atoms with Gasteiger partial charge in [0.05, 0.1) is 6.61 Å². The first kappa shape index (κ1) is 15.6. The Balaban J connectivity index is 1.36. The predicted octanol–water partition coefficient (Wildman–Crippen LogP) is 1.46. The predicted molar refractivity (Wildman–Crippen MR) is 89.9 cm³/mol. The minimum Gasteiger partial charge on any atom is -0.396 e. The highest BCUT2D eigenvalue weighted by Gasteiger charge is 2.53. The van der Waals surface area contributed by atoms with Crippen LogP contribution in [-0.4, -0.2) is 58.3 Å². The number of benzene rings is 1. The molecule has 1 spiro atoms. The van der Waals surface area contributed by atoms with E-state index >= 15 is 0 Å². The van der Waals surface area contributed by atoms with Crippen LogP contribution in [0.5, 0.6) is 0 Å². The van der Waals surface area contributed by atoms with Gasteiger partial charge in [-0.25, -0.2) is 0 Å². The van der Waals surface area contributed by atoms with E-state index in [2.05, 4.69) is 21.9 Å². The van der Waals surface area contributed by atoms with Crippen LogP contribution in [-0.2, 0) is 13.2 Å². The molecule has 3 fully saturated rings.